The van der Waals surface area contributed by atoms with Crippen molar-refractivity contribution < 1.29 is 23.1 Å². The highest BCUT2D eigenvalue weighted by Gasteiger charge is 2.56. The molecule has 1 N–H and O–H groups in total. The molecule has 0 saturated heterocycles. The van der Waals surface area contributed by atoms with Crippen LogP contribution in [0, 0.1) is 0 Å². The molecule has 0 spiro atoms. The SMILES string of the molecule is CCOC(=O)CC(=O)C(F)(F)C(C)(NCc1ccccc1)c1ccccc1. The van der Waals surface area contributed by atoms with E-state index in [1.807, 2.05) is 6.07 Å². The van der Waals surface area contributed by atoms with Crippen LogP contribution in [-0.2, 0) is 26.4 Å². The van der Waals surface area contributed by atoms with Crippen molar-refractivity contribution in [2.45, 2.75) is 38.3 Å². The summed E-state index contributed by atoms with van der Waals surface area (Å²) < 4.78 is 35.1. The topological polar surface area (TPSA) is 55.4 Å². The van der Waals surface area contributed by atoms with Crippen LogP contribution in [0.3, 0.4) is 0 Å². The van der Waals surface area contributed by atoms with E-state index >= 15 is 8.78 Å². The predicted molar refractivity (Wildman–Crippen MR) is 98.3 cm³/mol. The molecule has 6 heteroatoms. The third-order valence-electron chi connectivity index (χ3n) is 4.43. The number of alkyl halides is 2. The van der Waals surface area contributed by atoms with Crippen LogP contribution in [-0.4, -0.2) is 24.3 Å². The monoisotopic (exact) mass is 375 g/mol. The summed E-state index contributed by atoms with van der Waals surface area (Å²) in [5, 5.41) is 2.83. The molecular weight excluding hydrogens is 352 g/mol. The Bertz CT molecular complexity index is 766. The van der Waals surface area contributed by atoms with Crippen molar-refractivity contribution in [1.29, 1.82) is 0 Å². The van der Waals surface area contributed by atoms with Gasteiger partial charge in [-0.1, -0.05) is 60.7 Å². The molecule has 1 unspecified atom stereocenters. The molecule has 0 saturated carbocycles. The molecule has 4 nitrogen and oxygen atoms in total. The van der Waals surface area contributed by atoms with E-state index in [-0.39, 0.29) is 18.7 Å². The fourth-order valence-corrected chi connectivity index (χ4v) is 2.77. The second-order valence-electron chi connectivity index (χ2n) is 6.31. The summed E-state index contributed by atoms with van der Waals surface area (Å²) >= 11 is 0. The van der Waals surface area contributed by atoms with Crippen LogP contribution < -0.4 is 5.32 Å². The molecule has 0 radical (unpaired) electrons. The minimum Gasteiger partial charge on any atom is -0.466 e. The largest absolute Gasteiger partial charge is 0.466 e. The lowest BCUT2D eigenvalue weighted by atomic mass is 9.82. The van der Waals surface area contributed by atoms with Crippen molar-refractivity contribution >= 4 is 11.8 Å². The lowest BCUT2D eigenvalue weighted by Gasteiger charge is -2.38. The summed E-state index contributed by atoms with van der Waals surface area (Å²) in [6.45, 7) is 2.98. The highest BCUT2D eigenvalue weighted by Crippen LogP contribution is 2.39. The summed E-state index contributed by atoms with van der Waals surface area (Å²) in [5.41, 5.74) is -0.940. The van der Waals surface area contributed by atoms with Crippen LogP contribution in [0.25, 0.3) is 0 Å². The first kappa shape index (κ1) is 20.7. The summed E-state index contributed by atoms with van der Waals surface area (Å²) in [5.74, 6) is -6.26. The summed E-state index contributed by atoms with van der Waals surface area (Å²) in [6, 6.07) is 17.1. The fourth-order valence-electron chi connectivity index (χ4n) is 2.77. The van der Waals surface area contributed by atoms with E-state index in [2.05, 4.69) is 10.1 Å². The van der Waals surface area contributed by atoms with E-state index in [4.69, 9.17) is 0 Å². The summed E-state index contributed by atoms with van der Waals surface area (Å²) in [7, 11) is 0. The molecule has 2 aromatic rings. The van der Waals surface area contributed by atoms with E-state index in [0.717, 1.165) is 5.56 Å². The number of ether oxygens (including phenoxy) is 1. The molecule has 0 aliphatic carbocycles. The van der Waals surface area contributed by atoms with Crippen molar-refractivity contribution in [2.24, 2.45) is 0 Å². The molecule has 0 amide bonds. The molecule has 1 atom stereocenters. The molecule has 2 rings (SSSR count). The molecular formula is C21H23F2NO3. The van der Waals surface area contributed by atoms with Gasteiger partial charge in [0.25, 0.3) is 0 Å². The number of nitrogens with one attached hydrogen (secondary N) is 1. The number of carbonyl (C=O) groups is 2. The lowest BCUT2D eigenvalue weighted by Crippen LogP contribution is -2.57. The number of benzene rings is 2. The zero-order chi connectivity index (χ0) is 19.9. The van der Waals surface area contributed by atoms with Crippen LogP contribution in [0.2, 0.25) is 0 Å². The van der Waals surface area contributed by atoms with Crippen LogP contribution in [0.5, 0.6) is 0 Å². The van der Waals surface area contributed by atoms with Gasteiger partial charge in [0, 0.05) is 6.54 Å². The molecule has 0 bridgehead atoms. The zero-order valence-electron chi connectivity index (χ0n) is 15.4. The van der Waals surface area contributed by atoms with Gasteiger partial charge in [0.1, 0.15) is 12.0 Å². The van der Waals surface area contributed by atoms with Gasteiger partial charge in [0.05, 0.1) is 6.61 Å². The molecule has 0 aliphatic heterocycles. The Balaban J connectivity index is 2.33. The number of rotatable bonds is 9. The van der Waals surface area contributed by atoms with Gasteiger partial charge in [-0.3, -0.25) is 14.9 Å². The van der Waals surface area contributed by atoms with Gasteiger partial charge < -0.3 is 4.74 Å². The Hall–Kier alpha value is -2.60. The molecule has 144 valence electrons. The smallest absolute Gasteiger partial charge is 0.327 e. The maximum absolute atomic E-state index is 15.2. The van der Waals surface area contributed by atoms with Crippen molar-refractivity contribution in [3.05, 3.63) is 71.8 Å². The van der Waals surface area contributed by atoms with Gasteiger partial charge in [-0.25, -0.2) is 0 Å². The second-order valence-corrected chi connectivity index (χ2v) is 6.31. The quantitative estimate of drug-likeness (QED) is 0.534. The average Bonchev–Trinajstić information content (AvgIpc) is 2.67. The van der Waals surface area contributed by atoms with Crippen LogP contribution >= 0.6 is 0 Å². The second kappa shape index (κ2) is 8.86. The zero-order valence-corrected chi connectivity index (χ0v) is 15.4. The molecule has 0 aromatic heterocycles. The normalized spacial score (nSPS) is 13.6. The van der Waals surface area contributed by atoms with E-state index in [1.165, 1.54) is 19.1 Å². The van der Waals surface area contributed by atoms with Gasteiger partial charge in [0.15, 0.2) is 0 Å². The number of ketones is 1. The Morgan fingerprint density at radius 2 is 1.56 bits per heavy atom. The fraction of sp³-hybridized carbons (Fsp3) is 0.333. The van der Waals surface area contributed by atoms with E-state index in [0.29, 0.717) is 0 Å². The van der Waals surface area contributed by atoms with E-state index in [9.17, 15) is 9.59 Å². The van der Waals surface area contributed by atoms with Crippen LogP contribution in [0.4, 0.5) is 8.78 Å². The number of hydrogen-bond donors (Lipinski definition) is 1. The van der Waals surface area contributed by atoms with Crippen molar-refractivity contribution in [3.8, 4) is 0 Å². The summed E-state index contributed by atoms with van der Waals surface area (Å²) in [4.78, 5) is 23.8. The third-order valence-corrected chi connectivity index (χ3v) is 4.43. The Morgan fingerprint density at radius 3 is 2.11 bits per heavy atom. The standard InChI is InChI=1S/C21H23F2NO3/c1-3-27-19(26)14-18(25)21(22,23)20(2,17-12-8-5-9-13-17)24-15-16-10-6-4-7-11-16/h4-13,24H,3,14-15H2,1-2H3. The van der Waals surface area contributed by atoms with Gasteiger partial charge in [-0.15, -0.1) is 0 Å². The number of esters is 1. The highest BCUT2D eigenvalue weighted by atomic mass is 19.3. The Kier molecular flexibility index (Phi) is 6.80. The lowest BCUT2D eigenvalue weighted by molar-refractivity contribution is -0.163. The molecule has 0 fully saturated rings. The minimum absolute atomic E-state index is 0.0277. The molecule has 0 aliphatic rings. The number of carbonyl (C=O) groups excluding carboxylic acids is 2. The van der Waals surface area contributed by atoms with E-state index in [1.54, 1.807) is 49.4 Å². The van der Waals surface area contributed by atoms with Gasteiger partial charge in [0.2, 0.25) is 5.78 Å². The minimum atomic E-state index is -3.82. The first-order chi connectivity index (χ1) is 12.8. The Labute approximate surface area is 157 Å². The Morgan fingerprint density at radius 1 is 1.00 bits per heavy atom. The number of halogens is 2. The average molecular weight is 375 g/mol. The molecule has 27 heavy (non-hydrogen) atoms. The van der Waals surface area contributed by atoms with Crippen LogP contribution in [0.1, 0.15) is 31.4 Å². The van der Waals surface area contributed by atoms with Crippen molar-refractivity contribution in [2.75, 3.05) is 6.61 Å². The third kappa shape index (κ3) is 4.77. The van der Waals surface area contributed by atoms with Crippen molar-refractivity contribution in [1.82, 2.24) is 5.32 Å². The first-order valence-corrected chi connectivity index (χ1v) is 8.72. The van der Waals surface area contributed by atoms with Gasteiger partial charge in [-0.05, 0) is 25.0 Å². The maximum atomic E-state index is 15.2. The van der Waals surface area contributed by atoms with E-state index < -0.39 is 29.6 Å². The molecule has 0 heterocycles. The summed E-state index contributed by atoms with van der Waals surface area (Å²) in [6.07, 6.45) is -0.976. The maximum Gasteiger partial charge on any atom is 0.327 e. The number of hydrogen-bond acceptors (Lipinski definition) is 4. The number of Topliss-reactive ketones (excluding diaryl/α,β-unsaturated/α-hetero) is 1. The van der Waals surface area contributed by atoms with Gasteiger partial charge >= 0.3 is 11.9 Å². The first-order valence-electron chi connectivity index (χ1n) is 8.72. The molecule has 2 aromatic carbocycles. The van der Waals surface area contributed by atoms with Crippen LogP contribution in [0.15, 0.2) is 60.7 Å². The predicted octanol–water partition coefficient (Wildman–Crippen LogP) is 3.85. The van der Waals surface area contributed by atoms with Gasteiger partial charge in [-0.2, -0.15) is 8.78 Å². The van der Waals surface area contributed by atoms with Crippen molar-refractivity contribution in [3.63, 3.8) is 0 Å². The highest BCUT2D eigenvalue weighted by molar-refractivity contribution is 6.00.